The van der Waals surface area contributed by atoms with Crippen LogP contribution < -0.4 is 5.32 Å². The summed E-state index contributed by atoms with van der Waals surface area (Å²) in [7, 11) is 0. The first kappa shape index (κ1) is 15.9. The third-order valence-corrected chi connectivity index (χ3v) is 4.11. The molecule has 0 bridgehead atoms. The molecular formula is C16H22N4O3. The van der Waals surface area contributed by atoms with E-state index in [1.165, 1.54) is 0 Å². The van der Waals surface area contributed by atoms with Crippen molar-refractivity contribution >= 4 is 11.7 Å². The summed E-state index contributed by atoms with van der Waals surface area (Å²) in [6.07, 6.45) is 3.14. The van der Waals surface area contributed by atoms with Crippen LogP contribution >= 0.6 is 0 Å². The van der Waals surface area contributed by atoms with Gasteiger partial charge in [0, 0.05) is 38.5 Å². The zero-order valence-corrected chi connectivity index (χ0v) is 13.4. The predicted octanol–water partition coefficient (Wildman–Crippen LogP) is 1.36. The Kier molecular flexibility index (Phi) is 4.58. The number of carbonyl (C=O) groups is 1. The lowest BCUT2D eigenvalue weighted by Gasteiger charge is -2.37. The topological polar surface area (TPSA) is 76.6 Å². The number of carbonyl (C=O) groups excluding carboxylic acids is 1. The molecule has 2 saturated heterocycles. The average molecular weight is 318 g/mol. The van der Waals surface area contributed by atoms with Gasteiger partial charge in [0.2, 0.25) is 0 Å². The van der Waals surface area contributed by atoms with Crippen molar-refractivity contribution in [3.63, 3.8) is 0 Å². The number of rotatable bonds is 4. The minimum absolute atomic E-state index is 0.0787. The smallest absolute Gasteiger partial charge is 0.272 e. The number of hydrogen-bond donors (Lipinski definition) is 1. The maximum absolute atomic E-state index is 12.7. The molecule has 1 spiro atoms. The van der Waals surface area contributed by atoms with Crippen molar-refractivity contribution in [2.45, 2.75) is 25.6 Å². The summed E-state index contributed by atoms with van der Waals surface area (Å²) >= 11 is 0. The first-order chi connectivity index (χ1) is 11.1. The van der Waals surface area contributed by atoms with Crippen molar-refractivity contribution in [1.29, 1.82) is 0 Å². The molecule has 3 heterocycles. The van der Waals surface area contributed by atoms with Crippen molar-refractivity contribution in [2.75, 3.05) is 38.2 Å². The summed E-state index contributed by atoms with van der Waals surface area (Å²) < 4.78 is 11.4. The normalized spacial score (nSPS) is 19.8. The largest absolute Gasteiger partial charge is 0.366 e. The Balaban J connectivity index is 1.68. The molecule has 7 nitrogen and oxygen atoms in total. The van der Waals surface area contributed by atoms with E-state index in [1.807, 2.05) is 0 Å². The van der Waals surface area contributed by atoms with Crippen LogP contribution in [0.1, 0.15) is 29.2 Å². The molecule has 1 aromatic rings. The first-order valence-corrected chi connectivity index (χ1v) is 7.89. The van der Waals surface area contributed by atoms with Gasteiger partial charge in [-0.2, -0.15) is 0 Å². The fraction of sp³-hybridized carbons (Fsp3) is 0.562. The number of hydrogen-bond acceptors (Lipinski definition) is 6. The molecule has 23 heavy (non-hydrogen) atoms. The van der Waals surface area contributed by atoms with Gasteiger partial charge in [-0.3, -0.25) is 4.79 Å². The molecule has 0 aromatic carbocycles. The van der Waals surface area contributed by atoms with E-state index in [9.17, 15) is 4.79 Å². The molecule has 0 saturated carbocycles. The van der Waals surface area contributed by atoms with Crippen molar-refractivity contribution in [3.05, 3.63) is 30.2 Å². The number of amides is 1. The van der Waals surface area contributed by atoms with Crippen LogP contribution in [0.5, 0.6) is 0 Å². The molecule has 1 amide bonds. The molecule has 1 N–H and O–H groups in total. The molecule has 2 aliphatic rings. The minimum Gasteiger partial charge on any atom is -0.366 e. The van der Waals surface area contributed by atoms with Gasteiger partial charge < -0.3 is 19.7 Å². The SMILES string of the molecule is C=CCNc1cc(C(=O)N2CCC3(CC2)OCCO3)nc(C)n1. The van der Waals surface area contributed by atoms with Gasteiger partial charge in [0.25, 0.3) is 5.91 Å². The summed E-state index contributed by atoms with van der Waals surface area (Å²) in [5, 5.41) is 3.09. The van der Waals surface area contributed by atoms with E-state index in [1.54, 1.807) is 24.0 Å². The molecule has 2 fully saturated rings. The van der Waals surface area contributed by atoms with Crippen molar-refractivity contribution in [1.82, 2.24) is 14.9 Å². The maximum Gasteiger partial charge on any atom is 0.272 e. The highest BCUT2D eigenvalue weighted by molar-refractivity contribution is 5.93. The zero-order valence-electron chi connectivity index (χ0n) is 13.4. The van der Waals surface area contributed by atoms with Crippen LogP contribution in [0.4, 0.5) is 5.82 Å². The molecule has 124 valence electrons. The summed E-state index contributed by atoms with van der Waals surface area (Å²) in [5.74, 6) is 0.648. The summed E-state index contributed by atoms with van der Waals surface area (Å²) in [5.41, 5.74) is 0.410. The highest BCUT2D eigenvalue weighted by atomic mass is 16.7. The molecule has 1 aromatic heterocycles. The van der Waals surface area contributed by atoms with E-state index >= 15 is 0 Å². The number of aryl methyl sites for hydroxylation is 1. The van der Waals surface area contributed by atoms with Crippen LogP contribution in [0.25, 0.3) is 0 Å². The summed E-state index contributed by atoms with van der Waals surface area (Å²) in [6.45, 7) is 8.52. The van der Waals surface area contributed by atoms with E-state index in [0.29, 0.717) is 63.0 Å². The number of anilines is 1. The van der Waals surface area contributed by atoms with Gasteiger partial charge in [0.15, 0.2) is 5.79 Å². The zero-order chi connectivity index (χ0) is 16.3. The number of nitrogens with one attached hydrogen (secondary N) is 1. The molecule has 0 unspecified atom stereocenters. The van der Waals surface area contributed by atoms with Gasteiger partial charge in [0.05, 0.1) is 13.2 Å². The van der Waals surface area contributed by atoms with Gasteiger partial charge in [-0.1, -0.05) is 6.08 Å². The Morgan fingerprint density at radius 3 is 2.74 bits per heavy atom. The predicted molar refractivity (Wildman–Crippen MR) is 85.2 cm³/mol. The highest BCUT2D eigenvalue weighted by Gasteiger charge is 2.41. The first-order valence-electron chi connectivity index (χ1n) is 7.89. The molecule has 7 heteroatoms. The number of nitrogens with zero attached hydrogens (tertiary/aromatic N) is 3. The monoisotopic (exact) mass is 318 g/mol. The molecule has 0 atom stereocenters. The van der Waals surface area contributed by atoms with Gasteiger partial charge in [-0.05, 0) is 6.92 Å². The quantitative estimate of drug-likeness (QED) is 0.845. The van der Waals surface area contributed by atoms with Crippen LogP contribution in [0, 0.1) is 6.92 Å². The highest BCUT2D eigenvalue weighted by Crippen LogP contribution is 2.31. The molecular weight excluding hydrogens is 296 g/mol. The fourth-order valence-corrected chi connectivity index (χ4v) is 2.94. The number of aromatic nitrogens is 2. The van der Waals surface area contributed by atoms with Gasteiger partial charge in [0.1, 0.15) is 17.3 Å². The van der Waals surface area contributed by atoms with Crippen LogP contribution in [-0.4, -0.2) is 59.4 Å². The van der Waals surface area contributed by atoms with E-state index in [0.717, 1.165) is 0 Å². The number of ether oxygens (including phenoxy) is 2. The fourth-order valence-electron chi connectivity index (χ4n) is 2.94. The second-order valence-electron chi connectivity index (χ2n) is 5.76. The Hall–Kier alpha value is -1.99. The second kappa shape index (κ2) is 6.64. The van der Waals surface area contributed by atoms with E-state index in [2.05, 4.69) is 21.9 Å². The summed E-state index contributed by atoms with van der Waals surface area (Å²) in [4.78, 5) is 23.0. The lowest BCUT2D eigenvalue weighted by atomic mass is 10.0. The third-order valence-electron chi connectivity index (χ3n) is 4.11. The van der Waals surface area contributed by atoms with E-state index in [4.69, 9.17) is 9.47 Å². The summed E-state index contributed by atoms with van der Waals surface area (Å²) in [6, 6.07) is 1.69. The Morgan fingerprint density at radius 1 is 1.39 bits per heavy atom. The number of piperidine rings is 1. The molecule has 3 rings (SSSR count). The van der Waals surface area contributed by atoms with Gasteiger partial charge in [-0.25, -0.2) is 9.97 Å². The molecule has 2 aliphatic heterocycles. The van der Waals surface area contributed by atoms with Crippen molar-refractivity contribution in [3.8, 4) is 0 Å². The van der Waals surface area contributed by atoms with Gasteiger partial charge >= 0.3 is 0 Å². The second-order valence-corrected chi connectivity index (χ2v) is 5.76. The van der Waals surface area contributed by atoms with Crippen LogP contribution in [0.2, 0.25) is 0 Å². The third kappa shape index (κ3) is 3.51. The van der Waals surface area contributed by atoms with Crippen LogP contribution in [-0.2, 0) is 9.47 Å². The molecule has 0 radical (unpaired) electrons. The van der Waals surface area contributed by atoms with Gasteiger partial charge in [-0.15, -0.1) is 6.58 Å². The Morgan fingerprint density at radius 2 is 2.09 bits per heavy atom. The lowest BCUT2D eigenvalue weighted by Crippen LogP contribution is -2.47. The average Bonchev–Trinajstić information content (AvgIpc) is 3.00. The van der Waals surface area contributed by atoms with Crippen molar-refractivity contribution in [2.24, 2.45) is 0 Å². The van der Waals surface area contributed by atoms with E-state index < -0.39 is 5.79 Å². The standard InChI is InChI=1S/C16H22N4O3/c1-3-6-17-14-11-13(18-12(2)19-14)15(21)20-7-4-16(5-8-20)22-9-10-23-16/h3,11H,1,4-10H2,2H3,(H,17,18,19). The van der Waals surface area contributed by atoms with Crippen molar-refractivity contribution < 1.29 is 14.3 Å². The lowest BCUT2D eigenvalue weighted by molar-refractivity contribution is -0.181. The Labute approximate surface area is 135 Å². The van der Waals surface area contributed by atoms with E-state index in [-0.39, 0.29) is 5.91 Å². The Bertz CT molecular complexity index is 589. The number of likely N-dealkylation sites (tertiary alicyclic amines) is 1. The van der Waals surface area contributed by atoms with Crippen LogP contribution in [0.15, 0.2) is 18.7 Å². The maximum atomic E-state index is 12.7. The van der Waals surface area contributed by atoms with Crippen LogP contribution in [0.3, 0.4) is 0 Å². The molecule has 0 aliphatic carbocycles. The minimum atomic E-state index is -0.477.